The number of para-hydroxylation sites is 1. The summed E-state index contributed by atoms with van der Waals surface area (Å²) in [4.78, 5) is 23.2. The first kappa shape index (κ1) is 25.7. The zero-order valence-corrected chi connectivity index (χ0v) is 22.0. The molecule has 2 aromatic heterocycles. The van der Waals surface area contributed by atoms with E-state index in [1.807, 2.05) is 49.4 Å². The molecule has 0 aliphatic heterocycles. The molecule has 0 aliphatic rings. The van der Waals surface area contributed by atoms with Crippen LogP contribution >= 0.6 is 46.7 Å². The van der Waals surface area contributed by atoms with Crippen LogP contribution in [0.5, 0.6) is 5.75 Å². The van der Waals surface area contributed by atoms with Gasteiger partial charge in [0.05, 0.1) is 16.3 Å². The number of aromatic nitrogens is 1. The molecule has 0 spiro atoms. The zero-order chi connectivity index (χ0) is 22.7. The highest BCUT2D eigenvalue weighted by atomic mass is 35.5. The normalized spacial score (nSPS) is 11.2. The Bertz CT molecular complexity index is 1240. The van der Waals surface area contributed by atoms with Crippen LogP contribution in [0, 0.1) is 0 Å². The van der Waals surface area contributed by atoms with Crippen LogP contribution in [0.4, 0.5) is 5.13 Å². The molecule has 1 amide bonds. The summed E-state index contributed by atoms with van der Waals surface area (Å²) >= 11 is 9.60. The summed E-state index contributed by atoms with van der Waals surface area (Å²) in [5, 5.41) is 2.09. The van der Waals surface area contributed by atoms with Crippen molar-refractivity contribution in [2.24, 2.45) is 0 Å². The van der Waals surface area contributed by atoms with E-state index in [9.17, 15) is 4.79 Å². The minimum absolute atomic E-state index is 0. The first-order chi connectivity index (χ1) is 15.6. The highest BCUT2D eigenvalue weighted by Gasteiger charge is 2.27. The quantitative estimate of drug-likeness (QED) is 0.237. The SMILES string of the molecule is CCOc1cccc2sc(N(CCN(CC)CC)C(=O)c3sc4ccccc4c3Cl)nc12.Cl. The number of ether oxygens (including phenoxy) is 1. The second-order valence-corrected chi connectivity index (χ2v) is 9.70. The number of benzene rings is 2. The molecule has 0 radical (unpaired) electrons. The summed E-state index contributed by atoms with van der Waals surface area (Å²) in [5.74, 6) is 0.629. The van der Waals surface area contributed by atoms with E-state index in [0.717, 1.165) is 45.7 Å². The van der Waals surface area contributed by atoms with Crippen molar-refractivity contribution in [3.8, 4) is 5.75 Å². The number of amides is 1. The van der Waals surface area contributed by atoms with Crippen LogP contribution in [0.25, 0.3) is 20.3 Å². The molecule has 4 rings (SSSR count). The molecule has 0 unspecified atom stereocenters. The average Bonchev–Trinajstić information content (AvgIpc) is 3.39. The average molecular weight is 525 g/mol. The second-order valence-electron chi connectivity index (χ2n) is 7.26. The maximum absolute atomic E-state index is 13.8. The van der Waals surface area contributed by atoms with Crippen LogP contribution in [0.3, 0.4) is 0 Å². The lowest BCUT2D eigenvalue weighted by Gasteiger charge is -2.24. The number of nitrogens with zero attached hydrogens (tertiary/aromatic N) is 3. The molecule has 5 nitrogen and oxygen atoms in total. The van der Waals surface area contributed by atoms with Gasteiger partial charge in [-0.1, -0.05) is 61.1 Å². The molecule has 0 atom stereocenters. The minimum atomic E-state index is -0.111. The Morgan fingerprint density at radius 1 is 1.00 bits per heavy atom. The van der Waals surface area contributed by atoms with E-state index in [1.165, 1.54) is 22.7 Å². The van der Waals surface area contributed by atoms with Gasteiger partial charge in [0.2, 0.25) is 0 Å². The van der Waals surface area contributed by atoms with E-state index in [2.05, 4.69) is 18.7 Å². The summed E-state index contributed by atoms with van der Waals surface area (Å²) < 4.78 is 7.76. The molecule has 4 aromatic rings. The van der Waals surface area contributed by atoms with Gasteiger partial charge < -0.3 is 9.64 Å². The summed E-state index contributed by atoms with van der Waals surface area (Å²) in [5.41, 5.74) is 0.789. The zero-order valence-electron chi connectivity index (χ0n) is 18.8. The van der Waals surface area contributed by atoms with E-state index in [4.69, 9.17) is 21.3 Å². The van der Waals surface area contributed by atoms with Gasteiger partial charge in [-0.05, 0) is 38.2 Å². The molecule has 0 N–H and O–H groups in total. The Hall–Kier alpha value is -1.90. The van der Waals surface area contributed by atoms with Crippen molar-refractivity contribution in [1.29, 1.82) is 0 Å². The van der Waals surface area contributed by atoms with Crippen LogP contribution in [0.1, 0.15) is 30.4 Å². The van der Waals surface area contributed by atoms with Crippen molar-refractivity contribution in [2.75, 3.05) is 37.7 Å². The fourth-order valence-electron chi connectivity index (χ4n) is 3.64. The number of hydrogen-bond acceptors (Lipinski definition) is 6. The Labute approximate surface area is 213 Å². The summed E-state index contributed by atoms with van der Waals surface area (Å²) in [6.45, 7) is 9.93. The largest absolute Gasteiger partial charge is 0.492 e. The van der Waals surface area contributed by atoms with E-state index in [0.29, 0.717) is 28.2 Å². The van der Waals surface area contributed by atoms with Crippen molar-refractivity contribution >= 4 is 78.0 Å². The number of thiophene rings is 1. The maximum Gasteiger partial charge on any atom is 0.271 e. The number of halogens is 2. The van der Waals surface area contributed by atoms with Gasteiger partial charge in [-0.2, -0.15) is 0 Å². The lowest BCUT2D eigenvalue weighted by molar-refractivity contribution is 0.0988. The summed E-state index contributed by atoms with van der Waals surface area (Å²) in [7, 11) is 0. The van der Waals surface area contributed by atoms with Gasteiger partial charge in [-0.15, -0.1) is 23.7 Å². The molecule has 0 aliphatic carbocycles. The van der Waals surface area contributed by atoms with Gasteiger partial charge in [-0.25, -0.2) is 4.98 Å². The molecule has 2 aromatic carbocycles. The molecule has 0 bridgehead atoms. The van der Waals surface area contributed by atoms with Crippen molar-refractivity contribution < 1.29 is 9.53 Å². The van der Waals surface area contributed by atoms with Gasteiger partial charge in [-0.3, -0.25) is 9.69 Å². The number of anilines is 1. The van der Waals surface area contributed by atoms with Crippen molar-refractivity contribution in [2.45, 2.75) is 20.8 Å². The Morgan fingerprint density at radius 3 is 2.42 bits per heavy atom. The van der Waals surface area contributed by atoms with E-state index in [1.54, 1.807) is 4.90 Å². The number of rotatable bonds is 9. The van der Waals surface area contributed by atoms with Gasteiger partial charge in [0.1, 0.15) is 16.1 Å². The first-order valence-corrected chi connectivity index (χ1v) is 12.8. The van der Waals surface area contributed by atoms with Gasteiger partial charge in [0.15, 0.2) is 5.13 Å². The molecule has 9 heteroatoms. The molecule has 2 heterocycles. The number of fused-ring (bicyclic) bond motifs is 2. The number of hydrogen-bond donors (Lipinski definition) is 0. The molecule has 0 saturated heterocycles. The summed E-state index contributed by atoms with van der Waals surface area (Å²) in [6.07, 6.45) is 0. The lowest BCUT2D eigenvalue weighted by Crippen LogP contribution is -2.38. The molecule has 0 saturated carbocycles. The molecule has 33 heavy (non-hydrogen) atoms. The third kappa shape index (κ3) is 5.28. The Kier molecular flexibility index (Phi) is 8.95. The van der Waals surface area contributed by atoms with Crippen LogP contribution in [-0.4, -0.2) is 48.6 Å². The van der Waals surface area contributed by atoms with E-state index >= 15 is 0 Å². The molecule has 176 valence electrons. The van der Waals surface area contributed by atoms with Gasteiger partial charge in [0, 0.05) is 23.2 Å². The fraction of sp³-hybridized carbons (Fsp3) is 0.333. The topological polar surface area (TPSA) is 45.7 Å². The molecular weight excluding hydrogens is 497 g/mol. The predicted octanol–water partition coefficient (Wildman–Crippen LogP) is 6.97. The fourth-order valence-corrected chi connectivity index (χ4v) is 6.11. The van der Waals surface area contributed by atoms with Gasteiger partial charge in [0.25, 0.3) is 5.91 Å². The number of carbonyl (C=O) groups is 1. The minimum Gasteiger partial charge on any atom is -0.492 e. The maximum atomic E-state index is 13.8. The Morgan fingerprint density at radius 2 is 1.73 bits per heavy atom. The van der Waals surface area contributed by atoms with Crippen molar-refractivity contribution in [3.05, 3.63) is 52.4 Å². The third-order valence-corrected chi connectivity index (χ3v) is 8.12. The van der Waals surface area contributed by atoms with Crippen LogP contribution in [-0.2, 0) is 0 Å². The predicted molar refractivity (Wildman–Crippen MR) is 144 cm³/mol. The Balaban J connectivity index is 0.00000306. The van der Waals surface area contributed by atoms with E-state index < -0.39 is 0 Å². The number of carbonyl (C=O) groups excluding carboxylic acids is 1. The third-order valence-electron chi connectivity index (χ3n) is 5.41. The highest BCUT2D eigenvalue weighted by Crippen LogP contribution is 2.39. The molecular formula is C24H27Cl2N3O2S2. The van der Waals surface area contributed by atoms with E-state index in [-0.39, 0.29) is 18.3 Å². The first-order valence-electron chi connectivity index (χ1n) is 10.8. The van der Waals surface area contributed by atoms with Crippen molar-refractivity contribution in [3.63, 3.8) is 0 Å². The standard InChI is InChI=1S/C24H26ClN3O2S2.ClH/c1-4-27(5-2)14-15-28(23(29)22-20(25)16-10-7-8-12-18(16)31-22)24-26-21-17(30-6-3)11-9-13-19(21)32-24;/h7-13H,4-6,14-15H2,1-3H3;1H. The van der Waals surface area contributed by atoms with Crippen LogP contribution < -0.4 is 9.64 Å². The monoisotopic (exact) mass is 523 g/mol. The smallest absolute Gasteiger partial charge is 0.271 e. The van der Waals surface area contributed by atoms with Gasteiger partial charge >= 0.3 is 0 Å². The number of likely N-dealkylation sites (N-methyl/N-ethyl adjacent to an activating group) is 1. The van der Waals surface area contributed by atoms with Crippen molar-refractivity contribution in [1.82, 2.24) is 9.88 Å². The highest BCUT2D eigenvalue weighted by molar-refractivity contribution is 7.23. The molecule has 0 fully saturated rings. The van der Waals surface area contributed by atoms with Crippen LogP contribution in [0.2, 0.25) is 5.02 Å². The summed E-state index contributed by atoms with van der Waals surface area (Å²) in [6, 6.07) is 13.7. The lowest BCUT2D eigenvalue weighted by atomic mass is 10.2. The number of thiazole rings is 1. The van der Waals surface area contributed by atoms with Crippen LogP contribution in [0.15, 0.2) is 42.5 Å². The second kappa shape index (κ2) is 11.5.